The highest BCUT2D eigenvalue weighted by molar-refractivity contribution is 7.12. The van der Waals surface area contributed by atoms with E-state index in [2.05, 4.69) is 4.98 Å². The molecule has 0 bridgehead atoms. The lowest BCUT2D eigenvalue weighted by atomic mass is 10.2. The van der Waals surface area contributed by atoms with Crippen molar-refractivity contribution in [3.63, 3.8) is 0 Å². The fourth-order valence-electron chi connectivity index (χ4n) is 2.00. The minimum Gasteiger partial charge on any atom is -0.495 e. The van der Waals surface area contributed by atoms with Crippen LogP contribution in [0.4, 0.5) is 0 Å². The molecule has 2 heterocycles. The first-order valence-corrected chi connectivity index (χ1v) is 7.41. The molecule has 1 aromatic carbocycles. The second-order valence-electron chi connectivity index (χ2n) is 4.29. The van der Waals surface area contributed by atoms with E-state index in [4.69, 9.17) is 16.3 Å². The Morgan fingerprint density at radius 3 is 2.95 bits per heavy atom. The molecule has 3 rings (SSSR count). The van der Waals surface area contributed by atoms with Crippen molar-refractivity contribution in [2.24, 2.45) is 0 Å². The van der Waals surface area contributed by atoms with Crippen molar-refractivity contribution in [2.45, 2.75) is 0 Å². The van der Waals surface area contributed by atoms with Gasteiger partial charge in [-0.3, -0.25) is 9.36 Å². The summed E-state index contributed by atoms with van der Waals surface area (Å²) in [5, 5.41) is 3.21. The highest BCUT2D eigenvalue weighted by Crippen LogP contribution is 2.31. The molecule has 0 aliphatic rings. The summed E-state index contributed by atoms with van der Waals surface area (Å²) < 4.78 is 6.89. The largest absolute Gasteiger partial charge is 0.495 e. The Labute approximate surface area is 130 Å². The molecule has 0 aliphatic heterocycles. The summed E-state index contributed by atoms with van der Waals surface area (Å²) in [6.07, 6.45) is 2.62. The van der Waals surface area contributed by atoms with E-state index in [1.807, 2.05) is 35.8 Å². The van der Waals surface area contributed by atoms with E-state index < -0.39 is 0 Å². The zero-order chi connectivity index (χ0) is 14.8. The van der Waals surface area contributed by atoms with Gasteiger partial charge in [0.2, 0.25) is 0 Å². The number of aromatic nitrogens is 2. The van der Waals surface area contributed by atoms with Gasteiger partial charge in [0.15, 0.2) is 11.4 Å². The van der Waals surface area contributed by atoms with Crippen LogP contribution in [0.15, 0.2) is 41.9 Å². The fourth-order valence-corrected chi connectivity index (χ4v) is 3.09. The molecule has 0 atom stereocenters. The van der Waals surface area contributed by atoms with Crippen molar-refractivity contribution in [1.29, 1.82) is 0 Å². The summed E-state index contributed by atoms with van der Waals surface area (Å²) in [5.41, 5.74) is 2.29. The summed E-state index contributed by atoms with van der Waals surface area (Å²) in [5.74, 6) is 0.629. The molecule has 0 saturated carbocycles. The Kier molecular flexibility index (Phi) is 3.77. The fraction of sp³-hybridized carbons (Fsp3) is 0.0667. The van der Waals surface area contributed by atoms with Crippen molar-refractivity contribution >= 4 is 29.2 Å². The van der Waals surface area contributed by atoms with E-state index in [1.54, 1.807) is 17.7 Å². The first-order chi connectivity index (χ1) is 10.2. The number of thiazole rings is 1. The van der Waals surface area contributed by atoms with Crippen LogP contribution >= 0.6 is 22.9 Å². The van der Waals surface area contributed by atoms with Crippen LogP contribution < -0.4 is 4.74 Å². The lowest BCUT2D eigenvalue weighted by molar-refractivity contribution is 0.111. The number of hydrogen-bond acceptors (Lipinski definition) is 4. The predicted molar refractivity (Wildman–Crippen MR) is 83.8 cm³/mol. The average Bonchev–Trinajstić information content (AvgIpc) is 3.15. The molecule has 4 nitrogen and oxygen atoms in total. The van der Waals surface area contributed by atoms with Gasteiger partial charge in [0, 0.05) is 17.1 Å². The Hall–Kier alpha value is -2.11. The topological polar surface area (TPSA) is 44.1 Å². The molecule has 0 aliphatic carbocycles. The molecule has 6 heteroatoms. The molecule has 106 valence electrons. The molecule has 3 aromatic rings. The first kappa shape index (κ1) is 13.9. The van der Waals surface area contributed by atoms with Crippen LogP contribution in [0.5, 0.6) is 5.75 Å². The van der Waals surface area contributed by atoms with Gasteiger partial charge < -0.3 is 4.74 Å². The lowest BCUT2D eigenvalue weighted by Crippen LogP contribution is -1.96. The normalized spacial score (nSPS) is 10.6. The maximum atomic E-state index is 11.0. The number of hydrogen-bond donors (Lipinski definition) is 0. The van der Waals surface area contributed by atoms with E-state index in [9.17, 15) is 4.79 Å². The second kappa shape index (κ2) is 5.71. The van der Waals surface area contributed by atoms with Gasteiger partial charge in [-0.2, -0.15) is 0 Å². The highest BCUT2D eigenvalue weighted by atomic mass is 35.5. The van der Waals surface area contributed by atoms with Crippen molar-refractivity contribution in [3.05, 3.63) is 52.6 Å². The standard InChI is InChI=1S/C15H11ClN2O2S/c1-20-14-5-4-10(7-12(14)16)13-9-21-15(17-13)18-6-2-3-11(18)8-19/h2-9H,1H3. The number of nitrogens with zero attached hydrogens (tertiary/aromatic N) is 2. The monoisotopic (exact) mass is 318 g/mol. The summed E-state index contributed by atoms with van der Waals surface area (Å²) >= 11 is 7.60. The molecule has 0 fully saturated rings. The lowest BCUT2D eigenvalue weighted by Gasteiger charge is -2.04. The van der Waals surface area contributed by atoms with Gasteiger partial charge in [-0.15, -0.1) is 11.3 Å². The van der Waals surface area contributed by atoms with Crippen LogP contribution in [-0.2, 0) is 0 Å². The minimum atomic E-state index is 0.541. The van der Waals surface area contributed by atoms with E-state index in [-0.39, 0.29) is 0 Å². The number of benzene rings is 1. The molecule has 0 saturated heterocycles. The zero-order valence-corrected chi connectivity index (χ0v) is 12.7. The quantitative estimate of drug-likeness (QED) is 0.681. The second-order valence-corrected chi connectivity index (χ2v) is 5.53. The Bertz CT molecular complexity index is 795. The van der Waals surface area contributed by atoms with Crippen molar-refractivity contribution in [2.75, 3.05) is 7.11 Å². The molecular weight excluding hydrogens is 308 g/mol. The van der Waals surface area contributed by atoms with Gasteiger partial charge >= 0.3 is 0 Å². The Balaban J connectivity index is 1.98. The third-order valence-electron chi connectivity index (χ3n) is 3.05. The average molecular weight is 319 g/mol. The minimum absolute atomic E-state index is 0.541. The van der Waals surface area contributed by atoms with Crippen molar-refractivity contribution in [3.8, 4) is 22.1 Å². The molecule has 0 N–H and O–H groups in total. The molecule has 2 aromatic heterocycles. The number of aldehydes is 1. The number of methoxy groups -OCH3 is 1. The molecular formula is C15H11ClN2O2S. The van der Waals surface area contributed by atoms with Crippen LogP contribution in [0.2, 0.25) is 5.02 Å². The van der Waals surface area contributed by atoms with Gasteiger partial charge in [0.1, 0.15) is 5.75 Å². The zero-order valence-electron chi connectivity index (χ0n) is 11.1. The van der Waals surface area contributed by atoms with Crippen LogP contribution in [0.1, 0.15) is 10.5 Å². The summed E-state index contributed by atoms with van der Waals surface area (Å²) in [6, 6.07) is 9.09. The van der Waals surface area contributed by atoms with E-state index in [0.29, 0.717) is 16.5 Å². The van der Waals surface area contributed by atoms with E-state index >= 15 is 0 Å². The number of halogens is 1. The maximum Gasteiger partial charge on any atom is 0.194 e. The van der Waals surface area contributed by atoms with Crippen LogP contribution in [-0.4, -0.2) is 22.9 Å². The molecule has 0 unspecified atom stereocenters. The number of carbonyl (C=O) groups is 1. The number of ether oxygens (including phenoxy) is 1. The van der Waals surface area contributed by atoms with Gasteiger partial charge in [-0.05, 0) is 30.3 Å². The Morgan fingerprint density at radius 1 is 1.38 bits per heavy atom. The van der Waals surface area contributed by atoms with Crippen LogP contribution in [0.25, 0.3) is 16.4 Å². The van der Waals surface area contributed by atoms with Crippen LogP contribution in [0, 0.1) is 0 Å². The summed E-state index contributed by atoms with van der Waals surface area (Å²) in [6.45, 7) is 0. The summed E-state index contributed by atoms with van der Waals surface area (Å²) in [4.78, 5) is 15.5. The molecule has 0 spiro atoms. The Morgan fingerprint density at radius 2 is 2.24 bits per heavy atom. The third kappa shape index (κ3) is 2.57. The third-order valence-corrected chi connectivity index (χ3v) is 4.18. The summed E-state index contributed by atoms with van der Waals surface area (Å²) in [7, 11) is 1.58. The predicted octanol–water partition coefficient (Wildman–Crippen LogP) is 4.08. The van der Waals surface area contributed by atoms with Crippen LogP contribution in [0.3, 0.4) is 0 Å². The highest BCUT2D eigenvalue weighted by Gasteiger charge is 2.10. The molecule has 21 heavy (non-hydrogen) atoms. The maximum absolute atomic E-state index is 11.0. The number of carbonyl (C=O) groups excluding carboxylic acids is 1. The van der Waals surface area contributed by atoms with E-state index in [1.165, 1.54) is 11.3 Å². The van der Waals surface area contributed by atoms with Crippen molar-refractivity contribution in [1.82, 2.24) is 9.55 Å². The SMILES string of the molecule is COc1ccc(-c2csc(-n3cccc3C=O)n2)cc1Cl. The molecule has 0 radical (unpaired) electrons. The van der Waals surface area contributed by atoms with Gasteiger partial charge in [-0.25, -0.2) is 4.98 Å². The first-order valence-electron chi connectivity index (χ1n) is 6.15. The number of rotatable bonds is 4. The van der Waals surface area contributed by atoms with Gasteiger partial charge in [0.25, 0.3) is 0 Å². The molecule has 0 amide bonds. The van der Waals surface area contributed by atoms with E-state index in [0.717, 1.165) is 22.7 Å². The van der Waals surface area contributed by atoms with Crippen molar-refractivity contribution < 1.29 is 9.53 Å². The van der Waals surface area contributed by atoms with Gasteiger partial charge in [0.05, 0.1) is 23.5 Å². The smallest absolute Gasteiger partial charge is 0.194 e. The van der Waals surface area contributed by atoms with Gasteiger partial charge in [-0.1, -0.05) is 11.6 Å².